The molecule has 156 valence electrons. The zero-order chi connectivity index (χ0) is 21.8. The summed E-state index contributed by atoms with van der Waals surface area (Å²) in [5.74, 6) is -0.641. The molecule has 6 nitrogen and oxygen atoms in total. The molecule has 0 saturated heterocycles. The van der Waals surface area contributed by atoms with Crippen molar-refractivity contribution in [2.75, 3.05) is 20.7 Å². The number of benzene rings is 2. The molecule has 2 aromatic rings. The Balaban J connectivity index is 2.12. The highest BCUT2D eigenvalue weighted by molar-refractivity contribution is 7.89. The molecule has 2 aromatic carbocycles. The lowest BCUT2D eigenvalue weighted by Crippen LogP contribution is -2.23. The van der Waals surface area contributed by atoms with E-state index in [1.807, 2.05) is 12.1 Å². The Kier molecular flexibility index (Phi) is 7.32. The van der Waals surface area contributed by atoms with Crippen LogP contribution in [0.2, 0.25) is 0 Å². The van der Waals surface area contributed by atoms with Gasteiger partial charge in [-0.05, 0) is 42.5 Å². The predicted octanol–water partition coefficient (Wildman–Crippen LogP) is 3.80. The molecular formula is C22H27NO5S. The van der Waals surface area contributed by atoms with Gasteiger partial charge in [0.15, 0.2) is 12.4 Å². The van der Waals surface area contributed by atoms with Crippen molar-refractivity contribution in [3.8, 4) is 0 Å². The summed E-state index contributed by atoms with van der Waals surface area (Å²) < 4.78 is 30.8. The van der Waals surface area contributed by atoms with Crippen molar-refractivity contribution in [3.63, 3.8) is 0 Å². The molecule has 0 aliphatic carbocycles. The molecule has 0 aliphatic rings. The number of ether oxygens (including phenoxy) is 1. The number of hydrogen-bond donors (Lipinski definition) is 0. The number of Topliss-reactive ketones (excluding diaryl/α,β-unsaturated/α-hetero) is 1. The van der Waals surface area contributed by atoms with Gasteiger partial charge in [0.1, 0.15) is 0 Å². The van der Waals surface area contributed by atoms with Crippen LogP contribution in [0.25, 0.3) is 0 Å². The van der Waals surface area contributed by atoms with Crippen LogP contribution in [0.3, 0.4) is 0 Å². The van der Waals surface area contributed by atoms with Crippen LogP contribution in [0.5, 0.6) is 0 Å². The molecule has 7 heteroatoms. The molecule has 0 aromatic heterocycles. The lowest BCUT2D eigenvalue weighted by molar-refractivity contribution is 0.0473. The van der Waals surface area contributed by atoms with E-state index in [2.05, 4.69) is 13.8 Å². The molecule has 0 amide bonds. The number of sulfonamides is 1. The number of carbonyl (C=O) groups is 2. The number of esters is 1. The first-order valence-electron chi connectivity index (χ1n) is 9.41. The summed E-state index contributed by atoms with van der Waals surface area (Å²) in [6.07, 6.45) is 1.01. The summed E-state index contributed by atoms with van der Waals surface area (Å²) in [5, 5.41) is 0. The van der Waals surface area contributed by atoms with Crippen LogP contribution >= 0.6 is 0 Å². The minimum atomic E-state index is -3.68. The molecule has 0 unspecified atom stereocenters. The van der Waals surface area contributed by atoms with Gasteiger partial charge in [-0.3, -0.25) is 4.79 Å². The molecule has 2 rings (SSSR count). The van der Waals surface area contributed by atoms with Gasteiger partial charge in [-0.15, -0.1) is 0 Å². The maximum absolute atomic E-state index is 12.4. The van der Waals surface area contributed by atoms with Gasteiger partial charge in [-0.2, -0.15) is 0 Å². The largest absolute Gasteiger partial charge is 0.454 e. The zero-order valence-corrected chi connectivity index (χ0v) is 18.2. The lowest BCUT2D eigenvalue weighted by Gasteiger charge is -2.13. The molecule has 29 heavy (non-hydrogen) atoms. The van der Waals surface area contributed by atoms with Gasteiger partial charge in [0.05, 0.1) is 10.5 Å². The standard InChI is InChI=1S/C22H27NO5S/c1-6-15(2)17-8-10-18(11-9-17)21(24)14-28-22(25)20-13-19(12-7-16(20)3)29(26,27)23(4)5/h7-13,15H,6,14H2,1-5H3/t15-/m1/s1. The third-order valence-electron chi connectivity index (χ3n) is 4.96. The van der Waals surface area contributed by atoms with Crippen LogP contribution in [0.4, 0.5) is 0 Å². The number of hydrogen-bond acceptors (Lipinski definition) is 5. The molecule has 0 aliphatic heterocycles. The Labute approximate surface area is 172 Å². The molecule has 1 atom stereocenters. The van der Waals surface area contributed by atoms with Gasteiger partial charge in [0.25, 0.3) is 0 Å². The molecule has 0 fully saturated rings. The number of ketones is 1. The normalized spacial score (nSPS) is 12.6. The highest BCUT2D eigenvalue weighted by Crippen LogP contribution is 2.20. The maximum Gasteiger partial charge on any atom is 0.338 e. The van der Waals surface area contributed by atoms with Gasteiger partial charge in [-0.25, -0.2) is 17.5 Å². The summed E-state index contributed by atoms with van der Waals surface area (Å²) in [4.78, 5) is 24.8. The van der Waals surface area contributed by atoms with Gasteiger partial charge in [0, 0.05) is 19.7 Å². The van der Waals surface area contributed by atoms with E-state index in [0.717, 1.165) is 16.3 Å². The van der Waals surface area contributed by atoms with E-state index in [-0.39, 0.29) is 16.2 Å². The van der Waals surface area contributed by atoms with Crippen molar-refractivity contribution in [2.24, 2.45) is 0 Å². The Hall–Kier alpha value is -2.51. The minimum Gasteiger partial charge on any atom is -0.454 e. The van der Waals surface area contributed by atoms with Crippen LogP contribution in [-0.4, -0.2) is 45.2 Å². The average Bonchev–Trinajstić information content (AvgIpc) is 2.71. The molecule has 0 radical (unpaired) electrons. The third kappa shape index (κ3) is 5.31. The minimum absolute atomic E-state index is 0.00740. The average molecular weight is 418 g/mol. The second-order valence-corrected chi connectivity index (χ2v) is 9.35. The summed E-state index contributed by atoms with van der Waals surface area (Å²) in [6.45, 7) is 5.49. The zero-order valence-electron chi connectivity index (χ0n) is 17.4. The monoisotopic (exact) mass is 417 g/mol. The summed E-state index contributed by atoms with van der Waals surface area (Å²) in [7, 11) is -0.849. The van der Waals surface area contributed by atoms with E-state index >= 15 is 0 Å². The number of nitrogens with zero attached hydrogens (tertiary/aromatic N) is 1. The first kappa shape index (κ1) is 22.8. The lowest BCUT2D eigenvalue weighted by atomic mass is 9.97. The van der Waals surface area contributed by atoms with Crippen molar-refractivity contribution >= 4 is 21.8 Å². The summed E-state index contributed by atoms with van der Waals surface area (Å²) >= 11 is 0. The Morgan fingerprint density at radius 1 is 1.07 bits per heavy atom. The van der Waals surface area contributed by atoms with Gasteiger partial charge >= 0.3 is 5.97 Å². The van der Waals surface area contributed by atoms with E-state index in [9.17, 15) is 18.0 Å². The van der Waals surface area contributed by atoms with Crippen molar-refractivity contribution in [1.82, 2.24) is 4.31 Å². The van der Waals surface area contributed by atoms with Crippen LogP contribution in [0.1, 0.15) is 58.0 Å². The van der Waals surface area contributed by atoms with Crippen molar-refractivity contribution in [2.45, 2.75) is 38.0 Å². The van der Waals surface area contributed by atoms with E-state index in [1.54, 1.807) is 25.1 Å². The maximum atomic E-state index is 12.4. The fourth-order valence-electron chi connectivity index (χ4n) is 2.72. The second kappa shape index (κ2) is 9.33. The fourth-order valence-corrected chi connectivity index (χ4v) is 3.65. The smallest absolute Gasteiger partial charge is 0.338 e. The molecule has 0 N–H and O–H groups in total. The first-order valence-corrected chi connectivity index (χ1v) is 10.8. The van der Waals surface area contributed by atoms with Gasteiger partial charge < -0.3 is 4.74 Å². The molecule has 0 bridgehead atoms. The first-order chi connectivity index (χ1) is 13.6. The van der Waals surface area contributed by atoms with E-state index < -0.39 is 22.6 Å². The number of carbonyl (C=O) groups excluding carboxylic acids is 2. The quantitative estimate of drug-likeness (QED) is 0.482. The molecular weight excluding hydrogens is 390 g/mol. The van der Waals surface area contributed by atoms with Crippen molar-refractivity contribution in [1.29, 1.82) is 0 Å². The molecule has 0 spiro atoms. The third-order valence-corrected chi connectivity index (χ3v) is 6.77. The van der Waals surface area contributed by atoms with E-state index in [0.29, 0.717) is 17.0 Å². The summed E-state index contributed by atoms with van der Waals surface area (Å²) in [6, 6.07) is 11.5. The second-order valence-electron chi connectivity index (χ2n) is 7.19. The highest BCUT2D eigenvalue weighted by Gasteiger charge is 2.21. The Morgan fingerprint density at radius 2 is 1.69 bits per heavy atom. The van der Waals surface area contributed by atoms with Crippen LogP contribution in [-0.2, 0) is 14.8 Å². The van der Waals surface area contributed by atoms with Crippen LogP contribution < -0.4 is 0 Å². The topological polar surface area (TPSA) is 80.8 Å². The van der Waals surface area contributed by atoms with Gasteiger partial charge in [-0.1, -0.05) is 44.2 Å². The molecule has 0 heterocycles. The van der Waals surface area contributed by atoms with E-state index in [1.165, 1.54) is 26.2 Å². The van der Waals surface area contributed by atoms with Gasteiger partial charge in [0.2, 0.25) is 10.0 Å². The fraction of sp³-hybridized carbons (Fsp3) is 0.364. The predicted molar refractivity (Wildman–Crippen MR) is 112 cm³/mol. The summed E-state index contributed by atoms with van der Waals surface area (Å²) in [5.41, 5.74) is 2.30. The number of aryl methyl sites for hydroxylation is 1. The Morgan fingerprint density at radius 3 is 2.24 bits per heavy atom. The van der Waals surface area contributed by atoms with Crippen molar-refractivity contribution in [3.05, 3.63) is 64.7 Å². The van der Waals surface area contributed by atoms with E-state index in [4.69, 9.17) is 4.74 Å². The van der Waals surface area contributed by atoms with Crippen molar-refractivity contribution < 1.29 is 22.7 Å². The number of rotatable bonds is 8. The van der Waals surface area contributed by atoms with Crippen LogP contribution in [0.15, 0.2) is 47.4 Å². The highest BCUT2D eigenvalue weighted by atomic mass is 32.2. The van der Waals surface area contributed by atoms with Crippen LogP contribution in [0, 0.1) is 6.92 Å². The SMILES string of the molecule is CC[C@@H](C)c1ccc(C(=O)COC(=O)c2cc(S(=O)(=O)N(C)C)ccc2C)cc1. The Bertz CT molecular complexity index is 994. The molecule has 0 saturated carbocycles.